The third-order valence-electron chi connectivity index (χ3n) is 3.29. The lowest BCUT2D eigenvalue weighted by Crippen LogP contribution is -2.22. The summed E-state index contributed by atoms with van der Waals surface area (Å²) in [6, 6.07) is 11.0. The molecule has 0 aromatic heterocycles. The molecule has 2 N–H and O–H groups in total. The molecule has 3 amide bonds. The highest BCUT2D eigenvalue weighted by Crippen LogP contribution is 2.24. The van der Waals surface area contributed by atoms with E-state index >= 15 is 0 Å². The molecule has 0 bridgehead atoms. The number of urea groups is 1. The molecule has 7 heteroatoms. The minimum Gasteiger partial charge on any atom is -0.488 e. The molecular weight excluding hydrogens is 426 g/mol. The Bertz CT molecular complexity index is 834. The maximum atomic E-state index is 12.9. The van der Waals surface area contributed by atoms with E-state index in [1.807, 2.05) is 6.07 Å². The lowest BCUT2D eigenvalue weighted by molar-refractivity contribution is -0.115. The summed E-state index contributed by atoms with van der Waals surface area (Å²) >= 11 is 2.13. The molecule has 0 saturated carbocycles. The van der Waals surface area contributed by atoms with E-state index in [1.54, 1.807) is 30.3 Å². The van der Waals surface area contributed by atoms with Crippen LogP contribution in [-0.2, 0) is 11.4 Å². The zero-order chi connectivity index (χ0) is 17.1. The molecule has 1 aliphatic heterocycles. The van der Waals surface area contributed by atoms with Gasteiger partial charge >= 0.3 is 6.03 Å². The van der Waals surface area contributed by atoms with Gasteiger partial charge in [0, 0.05) is 0 Å². The van der Waals surface area contributed by atoms with Crippen molar-refractivity contribution in [2.75, 3.05) is 0 Å². The van der Waals surface area contributed by atoms with Crippen molar-refractivity contribution in [1.82, 2.24) is 10.6 Å². The fraction of sp³-hybridized carbons (Fsp3) is 0.0588. The van der Waals surface area contributed by atoms with Crippen molar-refractivity contribution < 1.29 is 18.7 Å². The van der Waals surface area contributed by atoms with E-state index in [2.05, 4.69) is 33.2 Å². The lowest BCUT2D eigenvalue weighted by atomic mass is 10.2. The third-order valence-corrected chi connectivity index (χ3v) is 4.14. The first kappa shape index (κ1) is 16.4. The van der Waals surface area contributed by atoms with Crippen LogP contribution < -0.4 is 15.4 Å². The number of carbonyl (C=O) groups is 2. The molecule has 2 aromatic carbocycles. The maximum absolute atomic E-state index is 12.9. The molecule has 1 heterocycles. The number of imide groups is 1. The van der Waals surface area contributed by atoms with Gasteiger partial charge in [-0.2, -0.15) is 0 Å². The van der Waals surface area contributed by atoms with Crippen LogP contribution in [0.2, 0.25) is 0 Å². The largest absolute Gasteiger partial charge is 0.488 e. The van der Waals surface area contributed by atoms with Crippen LogP contribution in [0.5, 0.6) is 5.75 Å². The van der Waals surface area contributed by atoms with Gasteiger partial charge in [-0.05, 0) is 64.1 Å². The summed E-state index contributed by atoms with van der Waals surface area (Å²) in [5.41, 5.74) is 1.83. The fourth-order valence-electron chi connectivity index (χ4n) is 2.11. The number of halogens is 2. The lowest BCUT2D eigenvalue weighted by Gasteiger charge is -2.09. The monoisotopic (exact) mass is 438 g/mol. The summed E-state index contributed by atoms with van der Waals surface area (Å²) in [6.45, 7) is 0.329. The average molecular weight is 438 g/mol. The minimum atomic E-state index is -0.528. The number of hydrogen-bond acceptors (Lipinski definition) is 3. The number of benzene rings is 2. The third kappa shape index (κ3) is 3.91. The molecule has 0 aliphatic carbocycles. The summed E-state index contributed by atoms with van der Waals surface area (Å²) in [4.78, 5) is 22.6. The van der Waals surface area contributed by atoms with Gasteiger partial charge in [0.05, 0.1) is 3.57 Å². The second-order valence-electron chi connectivity index (χ2n) is 5.07. The van der Waals surface area contributed by atoms with Crippen LogP contribution in [0.4, 0.5) is 9.18 Å². The van der Waals surface area contributed by atoms with Gasteiger partial charge in [0.25, 0.3) is 5.91 Å². The standard InChI is InChI=1S/C17H12FIN2O3/c18-12-4-1-10(2-5-12)9-24-15-6-3-11(7-13(15)19)8-14-16(22)21-17(23)20-14/h1-8H,9H2,(H2,20,21,22,23)/b14-8+. The molecule has 0 unspecified atom stereocenters. The predicted octanol–water partition coefficient (Wildman–Crippen LogP) is 3.19. The molecule has 122 valence electrons. The van der Waals surface area contributed by atoms with Crippen molar-refractivity contribution in [2.45, 2.75) is 6.61 Å². The van der Waals surface area contributed by atoms with E-state index in [0.717, 1.165) is 14.7 Å². The Hall–Kier alpha value is -2.42. The second-order valence-corrected chi connectivity index (χ2v) is 6.23. The quantitative estimate of drug-likeness (QED) is 0.438. The van der Waals surface area contributed by atoms with Crippen LogP contribution in [-0.4, -0.2) is 11.9 Å². The van der Waals surface area contributed by atoms with Crippen LogP contribution in [0.15, 0.2) is 48.2 Å². The normalized spacial score (nSPS) is 15.3. The second kappa shape index (κ2) is 7.00. The number of rotatable bonds is 4. The van der Waals surface area contributed by atoms with E-state index in [4.69, 9.17) is 4.74 Å². The highest BCUT2D eigenvalue weighted by Gasteiger charge is 2.22. The van der Waals surface area contributed by atoms with Crippen molar-refractivity contribution in [3.8, 4) is 5.75 Å². The molecule has 2 aromatic rings. The van der Waals surface area contributed by atoms with E-state index < -0.39 is 11.9 Å². The van der Waals surface area contributed by atoms with Gasteiger partial charge in [0.1, 0.15) is 23.9 Å². The first-order valence-electron chi connectivity index (χ1n) is 7.02. The van der Waals surface area contributed by atoms with Crippen LogP contribution in [0.25, 0.3) is 6.08 Å². The summed E-state index contributed by atoms with van der Waals surface area (Å²) < 4.78 is 19.5. The molecule has 1 saturated heterocycles. The molecule has 0 spiro atoms. The van der Waals surface area contributed by atoms with Crippen LogP contribution in [0.1, 0.15) is 11.1 Å². The van der Waals surface area contributed by atoms with E-state index in [0.29, 0.717) is 12.4 Å². The molecule has 0 radical (unpaired) electrons. The van der Waals surface area contributed by atoms with Crippen molar-refractivity contribution >= 4 is 40.6 Å². The molecule has 1 fully saturated rings. The highest BCUT2D eigenvalue weighted by atomic mass is 127. The number of amides is 3. The first-order valence-corrected chi connectivity index (χ1v) is 8.10. The number of ether oxygens (including phenoxy) is 1. The maximum Gasteiger partial charge on any atom is 0.326 e. The van der Waals surface area contributed by atoms with Gasteiger partial charge in [-0.15, -0.1) is 0 Å². The van der Waals surface area contributed by atoms with Gasteiger partial charge < -0.3 is 10.1 Å². The van der Waals surface area contributed by atoms with E-state index in [1.165, 1.54) is 12.1 Å². The topological polar surface area (TPSA) is 67.4 Å². The fourth-order valence-corrected chi connectivity index (χ4v) is 2.81. The van der Waals surface area contributed by atoms with Crippen molar-refractivity contribution in [3.05, 3.63) is 68.7 Å². The van der Waals surface area contributed by atoms with Crippen LogP contribution in [0.3, 0.4) is 0 Å². The van der Waals surface area contributed by atoms with Gasteiger partial charge in [-0.1, -0.05) is 18.2 Å². The van der Waals surface area contributed by atoms with Gasteiger partial charge in [-0.25, -0.2) is 9.18 Å². The summed E-state index contributed by atoms with van der Waals surface area (Å²) in [7, 11) is 0. The van der Waals surface area contributed by atoms with Gasteiger partial charge in [-0.3, -0.25) is 10.1 Å². The van der Waals surface area contributed by atoms with Gasteiger partial charge in [0.15, 0.2) is 0 Å². The zero-order valence-corrected chi connectivity index (χ0v) is 14.5. The number of carbonyl (C=O) groups excluding carboxylic acids is 2. The molecular formula is C17H12FIN2O3. The SMILES string of the molecule is O=C1NC(=O)/C(=C\c2ccc(OCc3ccc(F)cc3)c(I)c2)N1. The van der Waals surface area contributed by atoms with Crippen LogP contribution >= 0.6 is 22.6 Å². The Morgan fingerprint density at radius 2 is 1.83 bits per heavy atom. The summed E-state index contributed by atoms with van der Waals surface area (Å²) in [5.74, 6) is -0.0533. The highest BCUT2D eigenvalue weighted by molar-refractivity contribution is 14.1. The molecule has 3 rings (SSSR count). The van der Waals surface area contributed by atoms with Crippen molar-refractivity contribution in [1.29, 1.82) is 0 Å². The molecule has 1 aliphatic rings. The zero-order valence-electron chi connectivity index (χ0n) is 12.3. The Balaban J connectivity index is 1.70. The van der Waals surface area contributed by atoms with E-state index in [9.17, 15) is 14.0 Å². The Morgan fingerprint density at radius 3 is 2.46 bits per heavy atom. The predicted molar refractivity (Wildman–Crippen MR) is 94.5 cm³/mol. The van der Waals surface area contributed by atoms with Crippen molar-refractivity contribution in [3.63, 3.8) is 0 Å². The van der Waals surface area contributed by atoms with Crippen LogP contribution in [0, 0.1) is 9.39 Å². The Labute approximate surface area is 151 Å². The Morgan fingerprint density at radius 1 is 1.08 bits per heavy atom. The molecule has 0 atom stereocenters. The summed E-state index contributed by atoms with van der Waals surface area (Å²) in [5, 5.41) is 4.58. The Kier molecular flexibility index (Phi) is 4.79. The van der Waals surface area contributed by atoms with Crippen molar-refractivity contribution in [2.24, 2.45) is 0 Å². The molecule has 5 nitrogen and oxygen atoms in total. The number of nitrogens with one attached hydrogen (secondary N) is 2. The molecule has 24 heavy (non-hydrogen) atoms. The van der Waals surface area contributed by atoms with Gasteiger partial charge in [0.2, 0.25) is 0 Å². The first-order chi connectivity index (χ1) is 11.5. The minimum absolute atomic E-state index is 0.204. The average Bonchev–Trinajstić information content (AvgIpc) is 2.86. The smallest absolute Gasteiger partial charge is 0.326 e. The summed E-state index contributed by atoms with van der Waals surface area (Å²) in [6.07, 6.45) is 1.59. The van der Waals surface area contributed by atoms with E-state index in [-0.39, 0.29) is 11.5 Å². The number of hydrogen-bond donors (Lipinski definition) is 2.